The van der Waals surface area contributed by atoms with Crippen molar-refractivity contribution in [2.75, 3.05) is 55.7 Å². The fourth-order valence-electron chi connectivity index (χ4n) is 5.80. The van der Waals surface area contributed by atoms with Crippen molar-refractivity contribution >= 4 is 38.1 Å². The number of urea groups is 1. The van der Waals surface area contributed by atoms with E-state index in [2.05, 4.69) is 10.2 Å². The lowest BCUT2D eigenvalue weighted by Crippen LogP contribution is -2.53. The number of halogens is 1. The molecule has 9 nitrogen and oxygen atoms in total. The average Bonchev–Trinajstić information content (AvgIpc) is 3.46. The molecule has 1 atom stereocenters. The van der Waals surface area contributed by atoms with Crippen molar-refractivity contribution < 1.29 is 17.6 Å². The predicted molar refractivity (Wildman–Crippen MR) is 155 cm³/mol. The van der Waals surface area contributed by atoms with Crippen LogP contribution in [-0.4, -0.2) is 74.3 Å². The lowest BCUT2D eigenvalue weighted by molar-refractivity contribution is 0.159. The Morgan fingerprint density at radius 1 is 0.950 bits per heavy atom. The average molecular weight is 570 g/mol. The minimum atomic E-state index is -3.68. The van der Waals surface area contributed by atoms with Crippen molar-refractivity contribution in [3.05, 3.63) is 63.7 Å². The highest BCUT2D eigenvalue weighted by molar-refractivity contribution is 7.90. The summed E-state index contributed by atoms with van der Waals surface area (Å²) < 4.78 is 40.2. The van der Waals surface area contributed by atoms with Crippen LogP contribution in [0.15, 0.2) is 46.1 Å². The Kier molecular flexibility index (Phi) is 7.52. The number of nitrogens with one attached hydrogen (secondary N) is 1. The van der Waals surface area contributed by atoms with Gasteiger partial charge < -0.3 is 20.0 Å². The van der Waals surface area contributed by atoms with Gasteiger partial charge in [-0.05, 0) is 73.5 Å². The molecule has 0 bridgehead atoms. The van der Waals surface area contributed by atoms with E-state index < -0.39 is 15.7 Å². The van der Waals surface area contributed by atoms with Crippen LogP contribution in [0.25, 0.3) is 10.8 Å². The first-order valence-electron chi connectivity index (χ1n) is 13.6. The fourth-order valence-corrected chi connectivity index (χ4v) is 6.66. The molecule has 0 aliphatic carbocycles. The summed E-state index contributed by atoms with van der Waals surface area (Å²) in [6.07, 6.45) is 3.15. The van der Waals surface area contributed by atoms with E-state index in [9.17, 15) is 22.4 Å². The Bertz CT molecular complexity index is 1620. The highest BCUT2D eigenvalue weighted by Crippen LogP contribution is 2.32. The molecule has 2 amide bonds. The van der Waals surface area contributed by atoms with Crippen LogP contribution in [-0.2, 0) is 16.9 Å². The Balaban J connectivity index is 1.47. The van der Waals surface area contributed by atoms with Gasteiger partial charge in [0.05, 0.1) is 10.6 Å². The van der Waals surface area contributed by atoms with E-state index in [0.29, 0.717) is 37.3 Å². The second kappa shape index (κ2) is 10.8. The zero-order valence-corrected chi connectivity index (χ0v) is 24.2. The van der Waals surface area contributed by atoms with Crippen molar-refractivity contribution in [2.24, 2.45) is 7.05 Å². The second-order valence-corrected chi connectivity index (χ2v) is 12.9. The van der Waals surface area contributed by atoms with Crippen LogP contribution in [0, 0.1) is 12.7 Å². The van der Waals surface area contributed by atoms with E-state index in [0.717, 1.165) is 60.6 Å². The molecule has 1 N–H and O–H groups in total. The van der Waals surface area contributed by atoms with Crippen LogP contribution in [0.4, 0.5) is 20.7 Å². The number of rotatable bonds is 5. The van der Waals surface area contributed by atoms with E-state index in [4.69, 9.17) is 0 Å². The SMILES string of the molecule is Cc1cc([C@@H](C)Nc2ccc(F)cc2S(C)(=O)=O)c2cc(N3CCN(C(=O)N4CCCC4)CC3)n(C)c(=O)c2c1. The highest BCUT2D eigenvalue weighted by atomic mass is 32.2. The number of aromatic nitrogens is 1. The Morgan fingerprint density at radius 2 is 1.60 bits per heavy atom. The van der Waals surface area contributed by atoms with Gasteiger partial charge in [0.15, 0.2) is 9.84 Å². The van der Waals surface area contributed by atoms with Crippen LogP contribution in [0.1, 0.15) is 36.9 Å². The number of amides is 2. The largest absolute Gasteiger partial charge is 0.377 e. The second-order valence-electron chi connectivity index (χ2n) is 10.9. The number of piperazine rings is 1. The summed E-state index contributed by atoms with van der Waals surface area (Å²) in [6, 6.07) is 9.22. The van der Waals surface area contributed by atoms with Gasteiger partial charge in [0.2, 0.25) is 0 Å². The summed E-state index contributed by atoms with van der Waals surface area (Å²) in [5.74, 6) is 0.136. The number of hydrogen-bond donors (Lipinski definition) is 1. The maximum atomic E-state index is 13.9. The van der Waals surface area contributed by atoms with Gasteiger partial charge >= 0.3 is 6.03 Å². The zero-order valence-electron chi connectivity index (χ0n) is 23.4. The lowest BCUT2D eigenvalue weighted by Gasteiger charge is -2.38. The van der Waals surface area contributed by atoms with Gasteiger partial charge in [-0.15, -0.1) is 0 Å². The van der Waals surface area contributed by atoms with E-state index >= 15 is 0 Å². The molecule has 40 heavy (non-hydrogen) atoms. The maximum absolute atomic E-state index is 13.9. The summed E-state index contributed by atoms with van der Waals surface area (Å²) in [6.45, 7) is 7.83. The van der Waals surface area contributed by atoms with Crippen molar-refractivity contribution in [1.29, 1.82) is 0 Å². The number of aryl methyl sites for hydroxylation is 1. The number of hydrogen-bond acceptors (Lipinski definition) is 6. The fraction of sp³-hybridized carbons (Fsp3) is 0.448. The minimum Gasteiger partial charge on any atom is -0.377 e. The van der Waals surface area contributed by atoms with Crippen LogP contribution >= 0.6 is 0 Å². The van der Waals surface area contributed by atoms with Gasteiger partial charge in [-0.2, -0.15) is 0 Å². The quantitative estimate of drug-likeness (QED) is 0.501. The molecule has 214 valence electrons. The molecule has 3 aromatic rings. The molecule has 0 saturated carbocycles. The van der Waals surface area contributed by atoms with Crippen molar-refractivity contribution in [1.82, 2.24) is 14.4 Å². The van der Waals surface area contributed by atoms with E-state index in [1.807, 2.05) is 41.8 Å². The molecule has 0 unspecified atom stereocenters. The molecular weight excluding hydrogens is 533 g/mol. The molecule has 5 rings (SSSR count). The number of pyridine rings is 1. The molecule has 2 aromatic carbocycles. The first kappa shape index (κ1) is 27.9. The Hall–Kier alpha value is -3.60. The van der Waals surface area contributed by atoms with Crippen LogP contribution in [0.3, 0.4) is 0 Å². The minimum absolute atomic E-state index is 0.0940. The molecule has 1 aromatic heterocycles. The van der Waals surface area contributed by atoms with E-state index in [1.165, 1.54) is 12.1 Å². The predicted octanol–water partition coefficient (Wildman–Crippen LogP) is 3.90. The molecule has 2 aliphatic heterocycles. The number of nitrogens with zero attached hydrogens (tertiary/aromatic N) is 4. The smallest absolute Gasteiger partial charge is 0.320 e. The van der Waals surface area contributed by atoms with Gasteiger partial charge in [-0.3, -0.25) is 9.36 Å². The van der Waals surface area contributed by atoms with Crippen LogP contribution in [0.5, 0.6) is 0 Å². The third-order valence-corrected chi connectivity index (χ3v) is 9.08. The number of benzene rings is 2. The molecule has 0 spiro atoms. The third kappa shape index (κ3) is 5.39. The molecule has 0 radical (unpaired) electrons. The standard InChI is InChI=1S/C29H36FN5O4S/c1-19-15-22(20(2)31-25-8-7-21(30)17-26(25)40(4,38)39)23-18-27(32(3)28(36)24(23)16-19)33-11-13-35(14-12-33)29(37)34-9-5-6-10-34/h7-8,15-18,20,31H,5-6,9-14H2,1-4H3/t20-/m1/s1. The molecule has 2 fully saturated rings. The first-order chi connectivity index (χ1) is 18.9. The van der Waals surface area contributed by atoms with Crippen molar-refractivity contribution in [3.63, 3.8) is 0 Å². The molecule has 2 saturated heterocycles. The Morgan fingerprint density at radius 3 is 2.25 bits per heavy atom. The number of carbonyl (C=O) groups is 1. The van der Waals surface area contributed by atoms with Gasteiger partial charge in [0, 0.05) is 64.0 Å². The topological polar surface area (TPSA) is 95.0 Å². The van der Waals surface area contributed by atoms with Crippen LogP contribution in [0.2, 0.25) is 0 Å². The number of likely N-dealkylation sites (tertiary alicyclic amines) is 1. The number of sulfone groups is 1. The number of carbonyl (C=O) groups excluding carboxylic acids is 1. The first-order valence-corrected chi connectivity index (χ1v) is 15.5. The van der Waals surface area contributed by atoms with Gasteiger partial charge in [-0.25, -0.2) is 17.6 Å². The van der Waals surface area contributed by atoms with Crippen molar-refractivity contribution in [3.8, 4) is 0 Å². The third-order valence-electron chi connectivity index (χ3n) is 7.94. The summed E-state index contributed by atoms with van der Waals surface area (Å²) in [4.78, 5) is 32.3. The normalized spacial score (nSPS) is 17.0. The summed E-state index contributed by atoms with van der Waals surface area (Å²) in [7, 11) is -1.91. The monoisotopic (exact) mass is 569 g/mol. The van der Waals surface area contributed by atoms with Gasteiger partial charge in [0.25, 0.3) is 5.56 Å². The molecule has 11 heteroatoms. The molecule has 2 aliphatic rings. The highest BCUT2D eigenvalue weighted by Gasteiger charge is 2.28. The number of fused-ring (bicyclic) bond motifs is 1. The van der Waals surface area contributed by atoms with Crippen molar-refractivity contribution in [2.45, 2.75) is 37.6 Å². The van der Waals surface area contributed by atoms with Crippen LogP contribution < -0.4 is 15.8 Å². The summed E-state index contributed by atoms with van der Waals surface area (Å²) >= 11 is 0. The zero-order chi connectivity index (χ0) is 28.8. The molecule has 3 heterocycles. The lowest BCUT2D eigenvalue weighted by atomic mass is 9.97. The van der Waals surface area contributed by atoms with E-state index in [-0.39, 0.29) is 22.5 Å². The Labute approximate surface area is 234 Å². The summed E-state index contributed by atoms with van der Waals surface area (Å²) in [5.41, 5.74) is 1.91. The molecular formula is C29H36FN5O4S. The number of anilines is 2. The van der Waals surface area contributed by atoms with Gasteiger partial charge in [0.1, 0.15) is 11.6 Å². The summed E-state index contributed by atoms with van der Waals surface area (Å²) in [5, 5.41) is 4.58. The van der Waals surface area contributed by atoms with E-state index in [1.54, 1.807) is 11.6 Å². The maximum Gasteiger partial charge on any atom is 0.320 e. The van der Waals surface area contributed by atoms with Gasteiger partial charge in [-0.1, -0.05) is 6.07 Å².